The largest absolute Gasteiger partial charge is 0.497 e. The lowest BCUT2D eigenvalue weighted by molar-refractivity contribution is 0.0749. The molecule has 0 bridgehead atoms. The summed E-state index contributed by atoms with van der Waals surface area (Å²) in [6.45, 7) is 11.8. The first-order chi connectivity index (χ1) is 17.6. The Morgan fingerprint density at radius 3 is 1.84 bits per heavy atom. The summed E-state index contributed by atoms with van der Waals surface area (Å²) in [6.07, 6.45) is -0.900. The molecule has 1 N–H and O–H groups in total. The van der Waals surface area contributed by atoms with Crippen LogP contribution in [-0.4, -0.2) is 39.9 Å². The van der Waals surface area contributed by atoms with Crippen molar-refractivity contribution < 1.29 is 19.0 Å². The molecule has 3 aromatic rings. The van der Waals surface area contributed by atoms with Gasteiger partial charge in [-0.15, -0.1) is 0 Å². The first-order valence-corrected chi connectivity index (χ1v) is 14.6. The van der Waals surface area contributed by atoms with Crippen molar-refractivity contribution in [1.82, 2.24) is 0 Å². The smallest absolute Gasteiger partial charge is 0.261 e. The molecule has 1 atom stereocenters. The van der Waals surface area contributed by atoms with E-state index in [0.29, 0.717) is 13.2 Å². The molecule has 0 radical (unpaired) electrons. The summed E-state index contributed by atoms with van der Waals surface area (Å²) < 4.78 is 17.9. The Balaban J connectivity index is 1.70. The minimum absolute atomic E-state index is 0.142. The van der Waals surface area contributed by atoms with Gasteiger partial charge in [0.1, 0.15) is 11.9 Å². The van der Waals surface area contributed by atoms with Gasteiger partial charge in [-0.3, -0.25) is 0 Å². The van der Waals surface area contributed by atoms with E-state index in [-0.39, 0.29) is 11.6 Å². The van der Waals surface area contributed by atoms with E-state index >= 15 is 0 Å². The average Bonchev–Trinajstić information content (AvgIpc) is 2.89. The number of ether oxygens (including phenoxy) is 2. The van der Waals surface area contributed by atoms with Crippen LogP contribution >= 0.6 is 0 Å². The highest BCUT2D eigenvalue weighted by Crippen LogP contribution is 2.36. The van der Waals surface area contributed by atoms with Gasteiger partial charge in [-0.1, -0.05) is 105 Å². The molecule has 0 aromatic heterocycles. The summed E-state index contributed by atoms with van der Waals surface area (Å²) in [5.74, 6) is 7.05. The van der Waals surface area contributed by atoms with Gasteiger partial charge < -0.3 is 19.0 Å². The van der Waals surface area contributed by atoms with E-state index in [4.69, 9.17) is 13.9 Å². The van der Waals surface area contributed by atoms with Gasteiger partial charge >= 0.3 is 0 Å². The van der Waals surface area contributed by atoms with Gasteiger partial charge in [0.05, 0.1) is 26.9 Å². The van der Waals surface area contributed by atoms with Crippen LogP contribution in [0.15, 0.2) is 84.9 Å². The first-order valence-electron chi connectivity index (χ1n) is 12.7. The van der Waals surface area contributed by atoms with Gasteiger partial charge in [0.2, 0.25) is 0 Å². The van der Waals surface area contributed by atoms with E-state index in [1.807, 2.05) is 50.2 Å². The third-order valence-corrected chi connectivity index (χ3v) is 11.3. The summed E-state index contributed by atoms with van der Waals surface area (Å²) in [5.41, 5.74) is 0.661. The van der Waals surface area contributed by atoms with E-state index in [0.717, 1.165) is 11.3 Å². The van der Waals surface area contributed by atoms with Gasteiger partial charge in [0.25, 0.3) is 8.32 Å². The zero-order chi connectivity index (χ0) is 26.9. The number of rotatable bonds is 10. The van der Waals surface area contributed by atoms with Gasteiger partial charge in [-0.25, -0.2) is 0 Å². The number of benzene rings is 3. The standard InChI is InChI=1S/C32H40O4Si/c1-31(2,3)37(29-13-9-7-10-14-29,30-15-11-8-12-16-30)36-24-27(33)21-22-32(4,5)25-35-23-26-17-19-28(34-6)20-18-26/h7-20,27,33H,23-25H2,1-6H3/t27-/m0/s1. The molecule has 37 heavy (non-hydrogen) atoms. The van der Waals surface area contributed by atoms with Crippen LogP contribution in [-0.2, 0) is 15.8 Å². The Morgan fingerprint density at radius 2 is 1.35 bits per heavy atom. The predicted molar refractivity (Wildman–Crippen MR) is 154 cm³/mol. The minimum atomic E-state index is -2.71. The molecule has 0 heterocycles. The van der Waals surface area contributed by atoms with E-state index in [2.05, 4.69) is 81.1 Å². The van der Waals surface area contributed by atoms with E-state index in [9.17, 15) is 5.11 Å². The molecule has 0 aliphatic carbocycles. The molecule has 0 aliphatic rings. The number of methoxy groups -OCH3 is 1. The molecule has 196 valence electrons. The summed E-state index contributed by atoms with van der Waals surface area (Å²) in [7, 11) is -1.06. The van der Waals surface area contributed by atoms with Crippen molar-refractivity contribution in [2.45, 2.75) is 52.4 Å². The van der Waals surface area contributed by atoms with Crippen LogP contribution in [0, 0.1) is 17.3 Å². The number of aliphatic hydroxyl groups is 1. The quantitative estimate of drug-likeness (QED) is 0.298. The first kappa shape index (κ1) is 28.7. The van der Waals surface area contributed by atoms with Crippen molar-refractivity contribution in [3.05, 3.63) is 90.5 Å². The van der Waals surface area contributed by atoms with E-state index in [1.165, 1.54) is 10.4 Å². The van der Waals surface area contributed by atoms with Crippen molar-refractivity contribution in [3.8, 4) is 17.6 Å². The van der Waals surface area contributed by atoms with Gasteiger partial charge in [-0.05, 0) is 47.0 Å². The molecule has 5 heteroatoms. The van der Waals surface area contributed by atoms with Crippen LogP contribution in [0.2, 0.25) is 5.04 Å². The molecule has 0 amide bonds. The third kappa shape index (κ3) is 7.56. The number of aliphatic hydroxyl groups excluding tert-OH is 1. The molecular weight excluding hydrogens is 476 g/mol. The molecule has 0 aliphatic heterocycles. The van der Waals surface area contributed by atoms with E-state index < -0.39 is 19.8 Å². The third-order valence-electron chi connectivity index (χ3n) is 6.34. The van der Waals surface area contributed by atoms with Crippen molar-refractivity contribution in [2.75, 3.05) is 20.3 Å². The molecule has 4 nitrogen and oxygen atoms in total. The topological polar surface area (TPSA) is 47.9 Å². The van der Waals surface area contributed by atoms with Crippen LogP contribution < -0.4 is 15.1 Å². The molecule has 0 saturated carbocycles. The molecule has 3 aromatic carbocycles. The van der Waals surface area contributed by atoms with Gasteiger partial charge in [-0.2, -0.15) is 0 Å². The summed E-state index contributed by atoms with van der Waals surface area (Å²) >= 11 is 0. The highest BCUT2D eigenvalue weighted by molar-refractivity contribution is 6.99. The predicted octanol–water partition coefficient (Wildman–Crippen LogP) is 5.18. The molecule has 3 rings (SSSR count). The van der Waals surface area contributed by atoms with Gasteiger partial charge in [0, 0.05) is 5.41 Å². The normalized spacial score (nSPS) is 12.9. The monoisotopic (exact) mass is 516 g/mol. The fourth-order valence-corrected chi connectivity index (χ4v) is 9.03. The van der Waals surface area contributed by atoms with Crippen molar-refractivity contribution in [3.63, 3.8) is 0 Å². The zero-order valence-corrected chi connectivity index (χ0v) is 24.0. The van der Waals surface area contributed by atoms with Crippen molar-refractivity contribution in [1.29, 1.82) is 0 Å². The maximum absolute atomic E-state index is 10.9. The Morgan fingerprint density at radius 1 is 0.811 bits per heavy atom. The van der Waals surface area contributed by atoms with Crippen LogP contribution in [0.25, 0.3) is 0 Å². The lowest BCUT2D eigenvalue weighted by Crippen LogP contribution is -2.67. The number of hydrogen-bond donors (Lipinski definition) is 1. The Labute approximate surface area is 223 Å². The van der Waals surface area contributed by atoms with Crippen LogP contribution in [0.3, 0.4) is 0 Å². The van der Waals surface area contributed by atoms with Crippen molar-refractivity contribution >= 4 is 18.7 Å². The van der Waals surface area contributed by atoms with Gasteiger partial charge in [0.15, 0.2) is 0 Å². The van der Waals surface area contributed by atoms with Crippen molar-refractivity contribution in [2.24, 2.45) is 5.41 Å². The fraction of sp³-hybridized carbons (Fsp3) is 0.375. The molecule has 0 saturated heterocycles. The Bertz CT molecular complexity index is 1120. The highest BCUT2D eigenvalue weighted by atomic mass is 28.4. The maximum atomic E-state index is 10.9. The van der Waals surface area contributed by atoms with Crippen LogP contribution in [0.5, 0.6) is 5.75 Å². The number of hydrogen-bond acceptors (Lipinski definition) is 4. The minimum Gasteiger partial charge on any atom is -0.497 e. The van der Waals surface area contributed by atoms with E-state index in [1.54, 1.807) is 7.11 Å². The van der Waals surface area contributed by atoms with Crippen LogP contribution in [0.4, 0.5) is 0 Å². The molecule has 0 unspecified atom stereocenters. The summed E-state index contributed by atoms with van der Waals surface area (Å²) in [5, 5.41) is 13.1. The SMILES string of the molecule is COc1ccc(COCC(C)(C)C#C[C@H](O)CO[Si](c2ccccc2)(c2ccccc2)C(C)(C)C)cc1. The second kappa shape index (κ2) is 12.6. The fourth-order valence-electron chi connectivity index (χ4n) is 4.47. The second-order valence-electron chi connectivity index (χ2n) is 11.0. The van der Waals surface area contributed by atoms with Crippen LogP contribution in [0.1, 0.15) is 40.2 Å². The Hall–Kier alpha value is -2.88. The molecule has 0 spiro atoms. The molecule has 0 fully saturated rings. The lowest BCUT2D eigenvalue weighted by atomic mass is 9.95. The maximum Gasteiger partial charge on any atom is 0.261 e. The average molecular weight is 517 g/mol. The zero-order valence-electron chi connectivity index (χ0n) is 23.0. The lowest BCUT2D eigenvalue weighted by Gasteiger charge is -2.43. The summed E-state index contributed by atoms with van der Waals surface area (Å²) in [6, 6.07) is 28.7. The second-order valence-corrected chi connectivity index (χ2v) is 15.3. The highest BCUT2D eigenvalue weighted by Gasteiger charge is 2.50. The Kier molecular flexibility index (Phi) is 9.75. The molecular formula is C32H40O4Si. The summed E-state index contributed by atoms with van der Waals surface area (Å²) in [4.78, 5) is 0.